The number of benzene rings is 5. The number of rotatable bonds is 6. The van der Waals surface area contributed by atoms with Crippen LogP contribution in [0.5, 0.6) is 0 Å². The van der Waals surface area contributed by atoms with Crippen LogP contribution in [0.4, 0.5) is 0 Å². The molecule has 0 amide bonds. The summed E-state index contributed by atoms with van der Waals surface area (Å²) in [6, 6.07) is 46.3. The largest absolute Gasteiger partial charge is 0.478 e. The molecule has 0 bridgehead atoms. The number of carbonyl (C=O) groups is 1. The van der Waals surface area contributed by atoms with Crippen LogP contribution in [0.3, 0.4) is 0 Å². The summed E-state index contributed by atoms with van der Waals surface area (Å²) in [5, 5.41) is 9.88. The van der Waals surface area contributed by atoms with E-state index in [-0.39, 0.29) is 5.56 Å². The average Bonchev–Trinajstić information content (AvgIpc) is 2.93. The van der Waals surface area contributed by atoms with E-state index in [0.29, 0.717) is 0 Å². The Kier molecular flexibility index (Phi) is 6.36. The standard InChI is InChI=1S/C33H24O2/c34-33(35)28-21-22-29(24-13-5-1-6-14-24)30(23-28)32(27-19-11-4-12-20-27)31(25-15-7-2-8-16-25)26-17-9-3-10-18-26/h1-23H,(H,34,35). The highest BCUT2D eigenvalue weighted by atomic mass is 16.4. The van der Waals surface area contributed by atoms with Crippen LogP contribution in [0.1, 0.15) is 32.6 Å². The van der Waals surface area contributed by atoms with Crippen molar-refractivity contribution in [3.05, 3.63) is 167 Å². The summed E-state index contributed by atoms with van der Waals surface area (Å²) in [6.07, 6.45) is 0. The predicted molar refractivity (Wildman–Crippen MR) is 143 cm³/mol. The topological polar surface area (TPSA) is 37.3 Å². The van der Waals surface area contributed by atoms with Crippen molar-refractivity contribution < 1.29 is 9.90 Å². The summed E-state index contributed by atoms with van der Waals surface area (Å²) in [7, 11) is 0. The van der Waals surface area contributed by atoms with Gasteiger partial charge in [0.25, 0.3) is 0 Å². The Morgan fingerprint density at radius 1 is 0.457 bits per heavy atom. The lowest BCUT2D eigenvalue weighted by molar-refractivity contribution is 0.0697. The molecule has 0 aliphatic rings. The van der Waals surface area contributed by atoms with Gasteiger partial charge in [-0.1, -0.05) is 127 Å². The van der Waals surface area contributed by atoms with E-state index in [4.69, 9.17) is 0 Å². The molecule has 0 saturated carbocycles. The number of aromatic carboxylic acids is 1. The van der Waals surface area contributed by atoms with Gasteiger partial charge in [0.1, 0.15) is 0 Å². The van der Waals surface area contributed by atoms with E-state index in [1.807, 2.05) is 78.9 Å². The van der Waals surface area contributed by atoms with Gasteiger partial charge in [0, 0.05) is 0 Å². The summed E-state index contributed by atoms with van der Waals surface area (Å²) in [5.41, 5.74) is 8.36. The molecule has 2 nitrogen and oxygen atoms in total. The Balaban J connectivity index is 1.95. The first-order valence-corrected chi connectivity index (χ1v) is 11.6. The predicted octanol–water partition coefficient (Wildman–Crippen LogP) is 8.06. The Morgan fingerprint density at radius 2 is 0.886 bits per heavy atom. The Morgan fingerprint density at radius 3 is 1.34 bits per heavy atom. The number of carboxylic acids is 1. The van der Waals surface area contributed by atoms with Gasteiger partial charge in [0.15, 0.2) is 0 Å². The normalized spacial score (nSPS) is 10.5. The number of carboxylic acid groups (broad SMARTS) is 1. The molecule has 0 atom stereocenters. The van der Waals surface area contributed by atoms with Crippen molar-refractivity contribution in [2.24, 2.45) is 0 Å². The van der Waals surface area contributed by atoms with E-state index in [1.54, 1.807) is 12.1 Å². The second-order valence-corrected chi connectivity index (χ2v) is 8.28. The van der Waals surface area contributed by atoms with Crippen LogP contribution >= 0.6 is 0 Å². The first-order chi connectivity index (χ1) is 17.2. The van der Waals surface area contributed by atoms with Crippen LogP contribution in [0.15, 0.2) is 140 Å². The number of hydrogen-bond donors (Lipinski definition) is 1. The molecule has 5 rings (SSSR count). The zero-order valence-corrected chi connectivity index (χ0v) is 19.1. The molecule has 1 N–H and O–H groups in total. The summed E-state index contributed by atoms with van der Waals surface area (Å²) >= 11 is 0. The van der Waals surface area contributed by atoms with Gasteiger partial charge in [-0.3, -0.25) is 0 Å². The molecular weight excluding hydrogens is 428 g/mol. The third kappa shape index (κ3) is 4.68. The average molecular weight is 453 g/mol. The molecule has 0 spiro atoms. The molecule has 0 aromatic heterocycles. The monoisotopic (exact) mass is 452 g/mol. The minimum Gasteiger partial charge on any atom is -0.478 e. The molecule has 0 aliphatic heterocycles. The zero-order chi connectivity index (χ0) is 24.0. The maximum Gasteiger partial charge on any atom is 0.335 e. The third-order valence-corrected chi connectivity index (χ3v) is 6.06. The van der Waals surface area contributed by atoms with Gasteiger partial charge < -0.3 is 5.11 Å². The third-order valence-electron chi connectivity index (χ3n) is 6.06. The molecule has 5 aromatic rings. The van der Waals surface area contributed by atoms with E-state index in [0.717, 1.165) is 44.5 Å². The van der Waals surface area contributed by atoms with Crippen molar-refractivity contribution in [3.63, 3.8) is 0 Å². The SMILES string of the molecule is O=C(O)c1ccc(-c2ccccc2)c(C(=C(c2ccccc2)c2ccccc2)c2ccccc2)c1. The van der Waals surface area contributed by atoms with Gasteiger partial charge >= 0.3 is 5.97 Å². The highest BCUT2D eigenvalue weighted by Gasteiger charge is 2.20. The minimum atomic E-state index is -0.945. The van der Waals surface area contributed by atoms with Crippen LogP contribution < -0.4 is 0 Å². The van der Waals surface area contributed by atoms with E-state index < -0.39 is 5.97 Å². The first-order valence-electron chi connectivity index (χ1n) is 11.6. The van der Waals surface area contributed by atoms with Crippen LogP contribution in [-0.2, 0) is 0 Å². The van der Waals surface area contributed by atoms with Crippen molar-refractivity contribution in [3.8, 4) is 11.1 Å². The molecule has 0 aliphatic carbocycles. The van der Waals surface area contributed by atoms with Crippen LogP contribution in [-0.4, -0.2) is 11.1 Å². The summed E-state index contributed by atoms with van der Waals surface area (Å²) in [6.45, 7) is 0. The molecule has 0 saturated heterocycles. The Bertz CT molecular complexity index is 1430. The number of hydrogen-bond acceptors (Lipinski definition) is 1. The van der Waals surface area contributed by atoms with E-state index in [9.17, 15) is 9.90 Å². The lowest BCUT2D eigenvalue weighted by Gasteiger charge is -2.21. The maximum atomic E-state index is 12.1. The van der Waals surface area contributed by atoms with E-state index >= 15 is 0 Å². The van der Waals surface area contributed by atoms with Gasteiger partial charge in [0.2, 0.25) is 0 Å². The van der Waals surface area contributed by atoms with Gasteiger partial charge in [0.05, 0.1) is 5.56 Å². The highest BCUT2D eigenvalue weighted by molar-refractivity contribution is 6.08. The van der Waals surface area contributed by atoms with Gasteiger partial charge in [-0.2, -0.15) is 0 Å². The molecular formula is C33H24O2. The molecule has 35 heavy (non-hydrogen) atoms. The van der Waals surface area contributed by atoms with Gasteiger partial charge in [-0.25, -0.2) is 4.79 Å². The highest BCUT2D eigenvalue weighted by Crippen LogP contribution is 2.41. The molecule has 168 valence electrons. The maximum absolute atomic E-state index is 12.1. The Labute approximate surface area is 205 Å². The first kappa shape index (κ1) is 22.1. The van der Waals surface area contributed by atoms with Crippen molar-refractivity contribution in [2.75, 3.05) is 0 Å². The molecule has 0 fully saturated rings. The van der Waals surface area contributed by atoms with Crippen LogP contribution in [0, 0.1) is 0 Å². The van der Waals surface area contributed by atoms with Crippen molar-refractivity contribution in [1.29, 1.82) is 0 Å². The second kappa shape index (κ2) is 10.1. The summed E-state index contributed by atoms with van der Waals surface area (Å²) in [5.74, 6) is -0.945. The molecule has 0 radical (unpaired) electrons. The summed E-state index contributed by atoms with van der Waals surface area (Å²) in [4.78, 5) is 12.1. The van der Waals surface area contributed by atoms with Gasteiger partial charge in [-0.15, -0.1) is 0 Å². The molecule has 0 unspecified atom stereocenters. The second-order valence-electron chi connectivity index (χ2n) is 8.28. The fourth-order valence-electron chi connectivity index (χ4n) is 4.46. The zero-order valence-electron chi connectivity index (χ0n) is 19.1. The van der Waals surface area contributed by atoms with Crippen LogP contribution in [0.2, 0.25) is 0 Å². The quantitative estimate of drug-likeness (QED) is 0.265. The Hall–Kier alpha value is -4.69. The van der Waals surface area contributed by atoms with Gasteiger partial charge in [-0.05, 0) is 56.7 Å². The van der Waals surface area contributed by atoms with Crippen molar-refractivity contribution >= 4 is 17.1 Å². The lowest BCUT2D eigenvalue weighted by Crippen LogP contribution is -2.03. The summed E-state index contributed by atoms with van der Waals surface area (Å²) < 4.78 is 0. The molecule has 5 aromatic carbocycles. The van der Waals surface area contributed by atoms with Crippen molar-refractivity contribution in [2.45, 2.75) is 0 Å². The van der Waals surface area contributed by atoms with E-state index in [1.165, 1.54) is 0 Å². The fraction of sp³-hybridized carbons (Fsp3) is 0. The lowest BCUT2D eigenvalue weighted by atomic mass is 9.82. The molecule has 2 heteroatoms. The fourth-order valence-corrected chi connectivity index (χ4v) is 4.46. The van der Waals surface area contributed by atoms with Crippen LogP contribution in [0.25, 0.3) is 22.3 Å². The smallest absolute Gasteiger partial charge is 0.335 e. The molecule has 0 heterocycles. The van der Waals surface area contributed by atoms with E-state index in [2.05, 4.69) is 48.5 Å². The van der Waals surface area contributed by atoms with Crippen molar-refractivity contribution in [1.82, 2.24) is 0 Å². The minimum absolute atomic E-state index is 0.258.